The molecule has 3 heteroatoms. The van der Waals surface area contributed by atoms with E-state index in [0.717, 1.165) is 3.26 Å². The molecule has 0 aliphatic carbocycles. The Kier molecular flexibility index (Phi) is 2.77. The van der Waals surface area contributed by atoms with E-state index in [1.54, 1.807) is 0 Å². The van der Waals surface area contributed by atoms with Crippen LogP contribution in [0.1, 0.15) is 0 Å². The number of hydrogen-bond acceptors (Lipinski definition) is 2. The minimum atomic E-state index is 0.811. The first-order valence-electron chi connectivity index (χ1n) is 2.36. The van der Waals surface area contributed by atoms with Crippen molar-refractivity contribution in [1.29, 1.82) is 0 Å². The summed E-state index contributed by atoms with van der Waals surface area (Å²) in [5, 5.41) is 3.31. The molecule has 1 atom stereocenters. The van der Waals surface area contributed by atoms with Gasteiger partial charge >= 0.3 is 0 Å². The Morgan fingerprint density at radius 1 is 1.71 bits per heavy atom. The monoisotopic (exact) mass is 229 g/mol. The van der Waals surface area contributed by atoms with Crippen molar-refractivity contribution in [3.63, 3.8) is 0 Å². The maximum Gasteiger partial charge on any atom is 0.0689 e. The smallest absolute Gasteiger partial charge is 0.0689 e. The van der Waals surface area contributed by atoms with Gasteiger partial charge in [-0.05, 0) is 0 Å². The zero-order valence-electron chi connectivity index (χ0n) is 3.98. The summed E-state index contributed by atoms with van der Waals surface area (Å²) in [7, 11) is 0. The predicted octanol–water partition coefficient (Wildman–Crippen LogP) is 1.08. The molecule has 1 N–H and O–H groups in total. The van der Waals surface area contributed by atoms with Crippen molar-refractivity contribution in [1.82, 2.24) is 5.32 Å². The molecule has 0 bridgehead atoms. The van der Waals surface area contributed by atoms with Gasteiger partial charge in [0.05, 0.1) is 3.26 Å². The van der Waals surface area contributed by atoms with Crippen molar-refractivity contribution >= 4 is 34.4 Å². The summed E-state index contributed by atoms with van der Waals surface area (Å²) in [5.41, 5.74) is 0. The molecule has 0 spiro atoms. The summed E-state index contributed by atoms with van der Waals surface area (Å²) < 4.78 is 0.811. The molecule has 7 heavy (non-hydrogen) atoms. The van der Waals surface area contributed by atoms with E-state index in [0.29, 0.717) is 0 Å². The normalized spacial score (nSPS) is 33.0. The fourth-order valence-corrected chi connectivity index (χ4v) is 2.36. The highest BCUT2D eigenvalue weighted by atomic mass is 127. The van der Waals surface area contributed by atoms with E-state index in [1.165, 1.54) is 18.8 Å². The molecule has 1 unspecified atom stereocenters. The molecule has 1 aliphatic heterocycles. The highest BCUT2D eigenvalue weighted by Crippen LogP contribution is 2.18. The first-order chi connectivity index (χ1) is 3.39. The van der Waals surface area contributed by atoms with Crippen LogP contribution in [-0.4, -0.2) is 22.1 Å². The van der Waals surface area contributed by atoms with Crippen molar-refractivity contribution < 1.29 is 0 Å². The molecule has 1 saturated heterocycles. The van der Waals surface area contributed by atoms with Gasteiger partial charge in [0, 0.05) is 18.8 Å². The maximum absolute atomic E-state index is 3.31. The lowest BCUT2D eigenvalue weighted by Crippen LogP contribution is -2.29. The summed E-state index contributed by atoms with van der Waals surface area (Å²) >= 11 is 4.50. The molecule has 1 heterocycles. The molecule has 0 aromatic carbocycles. The Morgan fingerprint density at radius 2 is 2.57 bits per heavy atom. The third kappa shape index (κ3) is 2.19. The minimum Gasteiger partial charge on any atom is -0.314 e. The van der Waals surface area contributed by atoms with E-state index in [4.69, 9.17) is 0 Å². The van der Waals surface area contributed by atoms with Gasteiger partial charge in [0.1, 0.15) is 0 Å². The summed E-state index contributed by atoms with van der Waals surface area (Å²) in [6.45, 7) is 2.38. The molecule has 1 fully saturated rings. The van der Waals surface area contributed by atoms with E-state index < -0.39 is 0 Å². The molecule has 1 rings (SSSR count). The molecule has 42 valence electrons. The van der Waals surface area contributed by atoms with Crippen LogP contribution >= 0.6 is 34.4 Å². The second-order valence-corrected chi connectivity index (χ2v) is 5.14. The fourth-order valence-electron chi connectivity index (χ4n) is 0.533. The van der Waals surface area contributed by atoms with E-state index in [1.807, 2.05) is 11.8 Å². The second-order valence-electron chi connectivity index (χ2n) is 1.48. The topological polar surface area (TPSA) is 12.0 Å². The Labute approximate surface area is 61.8 Å². The number of hydrogen-bond donors (Lipinski definition) is 1. The Hall–Kier alpha value is 1.04. The number of halogens is 1. The Balaban J connectivity index is 2.12. The lowest BCUT2D eigenvalue weighted by atomic mass is 10.6. The lowest BCUT2D eigenvalue weighted by Gasteiger charge is -2.15. The number of thioether (sulfide) groups is 1. The Bertz CT molecular complexity index is 53.7. The molecule has 0 saturated carbocycles. The minimum absolute atomic E-state index is 0.811. The zero-order chi connectivity index (χ0) is 5.11. The second kappa shape index (κ2) is 3.14. The SMILES string of the molecule is IC1CNCCS1. The van der Waals surface area contributed by atoms with Crippen molar-refractivity contribution in [2.45, 2.75) is 3.26 Å². The third-order valence-electron chi connectivity index (χ3n) is 0.882. The fraction of sp³-hybridized carbons (Fsp3) is 1.00. The lowest BCUT2D eigenvalue weighted by molar-refractivity contribution is 0.749. The molecule has 0 radical (unpaired) electrons. The van der Waals surface area contributed by atoms with Gasteiger partial charge in [0.2, 0.25) is 0 Å². The molecule has 0 aromatic heterocycles. The number of alkyl halides is 1. The van der Waals surface area contributed by atoms with Crippen molar-refractivity contribution in [2.75, 3.05) is 18.8 Å². The largest absolute Gasteiger partial charge is 0.314 e. The van der Waals surface area contributed by atoms with Crippen LogP contribution in [-0.2, 0) is 0 Å². The number of nitrogens with one attached hydrogen (secondary N) is 1. The molecule has 1 nitrogen and oxygen atoms in total. The summed E-state index contributed by atoms with van der Waals surface area (Å²) in [6, 6.07) is 0. The third-order valence-corrected chi connectivity index (χ3v) is 3.37. The van der Waals surface area contributed by atoms with Gasteiger partial charge in [-0.3, -0.25) is 0 Å². The van der Waals surface area contributed by atoms with Crippen LogP contribution in [0.3, 0.4) is 0 Å². The van der Waals surface area contributed by atoms with Gasteiger partial charge in [-0.1, -0.05) is 22.6 Å². The zero-order valence-corrected chi connectivity index (χ0v) is 6.96. The van der Waals surface area contributed by atoms with Crippen molar-refractivity contribution in [3.8, 4) is 0 Å². The first kappa shape index (κ1) is 6.16. The van der Waals surface area contributed by atoms with Crippen LogP contribution in [0, 0.1) is 0 Å². The quantitative estimate of drug-likeness (QED) is 0.492. The van der Waals surface area contributed by atoms with Crippen LogP contribution in [0.25, 0.3) is 0 Å². The average molecular weight is 229 g/mol. The van der Waals surface area contributed by atoms with Gasteiger partial charge < -0.3 is 5.32 Å². The summed E-state index contributed by atoms with van der Waals surface area (Å²) in [4.78, 5) is 0. The summed E-state index contributed by atoms with van der Waals surface area (Å²) in [6.07, 6.45) is 0. The predicted molar refractivity (Wildman–Crippen MR) is 43.1 cm³/mol. The highest BCUT2D eigenvalue weighted by Gasteiger charge is 2.06. The molecule has 0 aromatic rings. The van der Waals surface area contributed by atoms with E-state index >= 15 is 0 Å². The molecular formula is C4H8INS. The van der Waals surface area contributed by atoms with Gasteiger partial charge in [-0.25, -0.2) is 0 Å². The van der Waals surface area contributed by atoms with Crippen molar-refractivity contribution in [3.05, 3.63) is 0 Å². The van der Waals surface area contributed by atoms with E-state index in [9.17, 15) is 0 Å². The molecule has 0 amide bonds. The van der Waals surface area contributed by atoms with Crippen LogP contribution in [0.15, 0.2) is 0 Å². The number of rotatable bonds is 0. The van der Waals surface area contributed by atoms with E-state index in [2.05, 4.69) is 27.9 Å². The van der Waals surface area contributed by atoms with Crippen molar-refractivity contribution in [2.24, 2.45) is 0 Å². The molecular weight excluding hydrogens is 221 g/mol. The summed E-state index contributed by atoms with van der Waals surface area (Å²) in [5.74, 6) is 1.29. The first-order valence-corrected chi connectivity index (χ1v) is 4.65. The van der Waals surface area contributed by atoms with E-state index in [-0.39, 0.29) is 0 Å². The van der Waals surface area contributed by atoms with Gasteiger partial charge in [-0.2, -0.15) is 0 Å². The highest BCUT2D eigenvalue weighted by molar-refractivity contribution is 14.1. The average Bonchev–Trinajstić information content (AvgIpc) is 1.69. The van der Waals surface area contributed by atoms with Crippen LogP contribution in [0.5, 0.6) is 0 Å². The van der Waals surface area contributed by atoms with Crippen LogP contribution in [0.4, 0.5) is 0 Å². The van der Waals surface area contributed by atoms with Gasteiger partial charge in [0.25, 0.3) is 0 Å². The standard InChI is InChI=1S/C4H8INS/c5-4-3-6-1-2-7-4/h4,6H,1-3H2. The van der Waals surface area contributed by atoms with Crippen LogP contribution in [0.2, 0.25) is 0 Å². The molecule has 1 aliphatic rings. The van der Waals surface area contributed by atoms with Gasteiger partial charge in [0.15, 0.2) is 0 Å². The Morgan fingerprint density at radius 3 is 2.86 bits per heavy atom. The maximum atomic E-state index is 3.31. The van der Waals surface area contributed by atoms with Crippen LogP contribution < -0.4 is 5.32 Å². The van der Waals surface area contributed by atoms with Gasteiger partial charge in [-0.15, -0.1) is 11.8 Å².